The van der Waals surface area contributed by atoms with E-state index in [1.165, 1.54) is 12.3 Å². The molecule has 0 radical (unpaired) electrons. The fourth-order valence-electron chi connectivity index (χ4n) is 1.73. The van der Waals surface area contributed by atoms with Gasteiger partial charge in [0, 0.05) is 24.8 Å². The standard InChI is InChI=1S/C11H13ClN2O3/c12-10-5-8(1-2-13-10)11(16)14-3-4-17-9(6-14)7-15/h1-2,5,9,15H,3-4,6-7H2. The van der Waals surface area contributed by atoms with Crippen LogP contribution in [0.5, 0.6) is 0 Å². The molecule has 17 heavy (non-hydrogen) atoms. The molecule has 1 aliphatic rings. The topological polar surface area (TPSA) is 62.7 Å². The summed E-state index contributed by atoms with van der Waals surface area (Å²) in [6, 6.07) is 3.16. The molecular formula is C11H13ClN2O3. The van der Waals surface area contributed by atoms with Crippen LogP contribution in [0.4, 0.5) is 0 Å². The summed E-state index contributed by atoms with van der Waals surface area (Å²) < 4.78 is 5.28. The SMILES string of the molecule is O=C(c1ccnc(Cl)c1)N1CCOC(CO)C1. The van der Waals surface area contributed by atoms with Gasteiger partial charge < -0.3 is 14.7 Å². The third kappa shape index (κ3) is 2.94. The first-order valence-corrected chi connectivity index (χ1v) is 5.72. The number of nitrogens with zero attached hydrogens (tertiary/aromatic N) is 2. The molecule has 6 heteroatoms. The van der Waals surface area contributed by atoms with Crippen LogP contribution in [0.1, 0.15) is 10.4 Å². The number of hydrogen-bond acceptors (Lipinski definition) is 4. The van der Waals surface area contributed by atoms with Crippen LogP contribution in [0.2, 0.25) is 5.15 Å². The number of carbonyl (C=O) groups is 1. The Kier molecular flexibility index (Phi) is 3.93. The Balaban J connectivity index is 2.09. The van der Waals surface area contributed by atoms with E-state index in [0.717, 1.165) is 0 Å². The van der Waals surface area contributed by atoms with Crippen molar-refractivity contribution in [2.45, 2.75) is 6.10 Å². The smallest absolute Gasteiger partial charge is 0.254 e. The monoisotopic (exact) mass is 256 g/mol. The second-order valence-electron chi connectivity index (χ2n) is 3.79. The van der Waals surface area contributed by atoms with E-state index in [-0.39, 0.29) is 18.6 Å². The average Bonchev–Trinajstić information content (AvgIpc) is 2.38. The summed E-state index contributed by atoms with van der Waals surface area (Å²) in [6.07, 6.45) is 1.20. The summed E-state index contributed by atoms with van der Waals surface area (Å²) in [5, 5.41) is 9.31. The van der Waals surface area contributed by atoms with Crippen LogP contribution in [0, 0.1) is 0 Å². The lowest BCUT2D eigenvalue weighted by Gasteiger charge is -2.32. The number of carbonyl (C=O) groups excluding carboxylic acids is 1. The third-order valence-electron chi connectivity index (χ3n) is 2.60. The number of hydrogen-bond donors (Lipinski definition) is 1. The quantitative estimate of drug-likeness (QED) is 0.786. The van der Waals surface area contributed by atoms with Crippen molar-refractivity contribution in [2.75, 3.05) is 26.3 Å². The summed E-state index contributed by atoms with van der Waals surface area (Å²) in [6.45, 7) is 1.28. The average molecular weight is 257 g/mol. The maximum atomic E-state index is 12.1. The van der Waals surface area contributed by atoms with E-state index in [2.05, 4.69) is 4.98 Å². The van der Waals surface area contributed by atoms with Gasteiger partial charge in [-0.2, -0.15) is 0 Å². The second kappa shape index (κ2) is 5.44. The Hall–Kier alpha value is -1.17. The van der Waals surface area contributed by atoms with E-state index in [0.29, 0.717) is 30.4 Å². The van der Waals surface area contributed by atoms with Crippen molar-refractivity contribution in [3.63, 3.8) is 0 Å². The minimum absolute atomic E-state index is 0.0825. The fourth-order valence-corrected chi connectivity index (χ4v) is 1.91. The molecule has 2 rings (SSSR count). The van der Waals surface area contributed by atoms with Crippen molar-refractivity contribution in [1.82, 2.24) is 9.88 Å². The van der Waals surface area contributed by atoms with E-state index in [1.807, 2.05) is 0 Å². The molecule has 1 N–H and O–H groups in total. The molecule has 1 saturated heterocycles. The summed E-state index contributed by atoms with van der Waals surface area (Å²) in [5.74, 6) is -0.115. The molecule has 5 nitrogen and oxygen atoms in total. The molecule has 1 aromatic rings. The van der Waals surface area contributed by atoms with Crippen molar-refractivity contribution >= 4 is 17.5 Å². The van der Waals surface area contributed by atoms with Gasteiger partial charge >= 0.3 is 0 Å². The molecular weight excluding hydrogens is 244 g/mol. The Morgan fingerprint density at radius 1 is 1.71 bits per heavy atom. The zero-order chi connectivity index (χ0) is 12.3. The van der Waals surface area contributed by atoms with Crippen molar-refractivity contribution < 1.29 is 14.6 Å². The molecule has 1 unspecified atom stereocenters. The summed E-state index contributed by atoms with van der Waals surface area (Å²) in [7, 11) is 0. The number of rotatable bonds is 2. The minimum atomic E-state index is -0.301. The zero-order valence-electron chi connectivity index (χ0n) is 9.17. The molecule has 0 aliphatic carbocycles. The fraction of sp³-hybridized carbons (Fsp3) is 0.455. The van der Waals surface area contributed by atoms with Crippen LogP contribution < -0.4 is 0 Å². The Morgan fingerprint density at radius 2 is 2.53 bits per heavy atom. The summed E-state index contributed by atoms with van der Waals surface area (Å²) in [5.41, 5.74) is 0.503. The van der Waals surface area contributed by atoms with E-state index in [1.54, 1.807) is 11.0 Å². The lowest BCUT2D eigenvalue weighted by Crippen LogP contribution is -2.46. The number of aliphatic hydroxyl groups excluding tert-OH is 1. The highest BCUT2D eigenvalue weighted by molar-refractivity contribution is 6.29. The molecule has 1 aromatic heterocycles. The minimum Gasteiger partial charge on any atom is -0.394 e. The van der Waals surface area contributed by atoms with Gasteiger partial charge in [0.1, 0.15) is 5.15 Å². The van der Waals surface area contributed by atoms with E-state index in [9.17, 15) is 4.79 Å². The van der Waals surface area contributed by atoms with Crippen LogP contribution in [0.3, 0.4) is 0 Å². The molecule has 2 heterocycles. The molecule has 1 atom stereocenters. The number of pyridine rings is 1. The number of amides is 1. The van der Waals surface area contributed by atoms with Crippen LogP contribution in [0.25, 0.3) is 0 Å². The molecule has 1 fully saturated rings. The predicted octanol–water partition coefficient (Wildman–Crippen LogP) is 0.568. The van der Waals surface area contributed by atoms with Gasteiger partial charge in [0.2, 0.25) is 0 Å². The van der Waals surface area contributed by atoms with Crippen LogP contribution in [-0.2, 0) is 4.74 Å². The maximum Gasteiger partial charge on any atom is 0.254 e. The van der Waals surface area contributed by atoms with E-state index < -0.39 is 0 Å². The predicted molar refractivity (Wildman–Crippen MR) is 62.0 cm³/mol. The number of ether oxygens (including phenoxy) is 1. The van der Waals surface area contributed by atoms with Crippen molar-refractivity contribution in [3.05, 3.63) is 29.0 Å². The Labute approximate surface area is 104 Å². The molecule has 0 aromatic carbocycles. The van der Waals surface area contributed by atoms with Crippen LogP contribution in [-0.4, -0.2) is 53.3 Å². The van der Waals surface area contributed by atoms with Gasteiger partial charge in [-0.25, -0.2) is 4.98 Å². The first-order chi connectivity index (χ1) is 8.20. The zero-order valence-corrected chi connectivity index (χ0v) is 9.93. The van der Waals surface area contributed by atoms with Gasteiger partial charge in [-0.15, -0.1) is 0 Å². The molecule has 0 bridgehead atoms. The Morgan fingerprint density at radius 3 is 3.24 bits per heavy atom. The van der Waals surface area contributed by atoms with Crippen LogP contribution in [0.15, 0.2) is 18.3 Å². The largest absolute Gasteiger partial charge is 0.394 e. The highest BCUT2D eigenvalue weighted by Crippen LogP contribution is 2.13. The normalized spacial score (nSPS) is 20.4. The molecule has 1 aliphatic heterocycles. The summed E-state index contributed by atoms with van der Waals surface area (Å²) >= 11 is 5.74. The molecule has 92 valence electrons. The molecule has 0 saturated carbocycles. The van der Waals surface area contributed by atoms with Gasteiger partial charge in [-0.1, -0.05) is 11.6 Å². The van der Waals surface area contributed by atoms with Crippen molar-refractivity contribution in [1.29, 1.82) is 0 Å². The lowest BCUT2D eigenvalue weighted by atomic mass is 10.2. The van der Waals surface area contributed by atoms with Crippen LogP contribution >= 0.6 is 11.6 Å². The lowest BCUT2D eigenvalue weighted by molar-refractivity contribution is -0.0447. The second-order valence-corrected chi connectivity index (χ2v) is 4.18. The highest BCUT2D eigenvalue weighted by atomic mass is 35.5. The number of aliphatic hydroxyl groups is 1. The van der Waals surface area contributed by atoms with Crippen molar-refractivity contribution in [2.24, 2.45) is 0 Å². The number of morpholine rings is 1. The third-order valence-corrected chi connectivity index (χ3v) is 2.81. The van der Waals surface area contributed by atoms with Gasteiger partial charge in [0.15, 0.2) is 0 Å². The maximum absolute atomic E-state index is 12.1. The van der Waals surface area contributed by atoms with Gasteiger partial charge in [0.25, 0.3) is 5.91 Å². The first kappa shape index (κ1) is 12.3. The van der Waals surface area contributed by atoms with E-state index in [4.69, 9.17) is 21.4 Å². The van der Waals surface area contributed by atoms with Gasteiger partial charge in [-0.3, -0.25) is 4.79 Å². The van der Waals surface area contributed by atoms with Gasteiger partial charge in [-0.05, 0) is 12.1 Å². The summed E-state index contributed by atoms with van der Waals surface area (Å²) in [4.78, 5) is 17.6. The van der Waals surface area contributed by atoms with Gasteiger partial charge in [0.05, 0.1) is 19.3 Å². The van der Waals surface area contributed by atoms with E-state index >= 15 is 0 Å². The van der Waals surface area contributed by atoms with Crippen molar-refractivity contribution in [3.8, 4) is 0 Å². The Bertz CT molecular complexity index is 413. The number of aromatic nitrogens is 1. The number of halogens is 1. The highest BCUT2D eigenvalue weighted by Gasteiger charge is 2.24. The first-order valence-electron chi connectivity index (χ1n) is 5.34. The molecule has 0 spiro atoms. The molecule has 1 amide bonds.